The normalized spacial score (nSPS) is 21.4. The molecule has 6 heteroatoms. The summed E-state index contributed by atoms with van der Waals surface area (Å²) in [5.41, 5.74) is 3.58. The van der Waals surface area contributed by atoms with Crippen LogP contribution in [0.2, 0.25) is 0 Å². The van der Waals surface area contributed by atoms with Gasteiger partial charge in [0.15, 0.2) is 0 Å². The summed E-state index contributed by atoms with van der Waals surface area (Å²) in [6.07, 6.45) is 10.8. The van der Waals surface area contributed by atoms with Crippen molar-refractivity contribution in [1.29, 1.82) is 0 Å². The van der Waals surface area contributed by atoms with Crippen molar-refractivity contribution in [2.45, 2.75) is 68.8 Å². The zero-order valence-corrected chi connectivity index (χ0v) is 15.4. The molecule has 1 N–H and O–H groups in total. The topological polar surface area (TPSA) is 64.0 Å². The molecule has 0 spiro atoms. The summed E-state index contributed by atoms with van der Waals surface area (Å²) in [5.74, 6) is 0. The number of aromatic nitrogens is 2. The maximum Gasteiger partial charge on any atom is 0.244 e. The molecule has 1 atom stereocenters. The molecule has 1 heterocycles. The SMILES string of the molecule is Cc1ccc2c(c1)CCC2NS(=O)(=O)c1cnn(C2CCCCC2)c1. The second-order valence-electron chi connectivity index (χ2n) is 7.36. The Kier molecular flexibility index (Phi) is 4.41. The lowest BCUT2D eigenvalue weighted by Gasteiger charge is -2.21. The molecule has 2 aromatic rings. The maximum atomic E-state index is 12.8. The molecule has 0 radical (unpaired) electrons. The molecule has 1 fully saturated rings. The summed E-state index contributed by atoms with van der Waals surface area (Å²) in [6.45, 7) is 2.07. The Balaban J connectivity index is 1.52. The predicted molar refractivity (Wildman–Crippen MR) is 96.9 cm³/mol. The lowest BCUT2D eigenvalue weighted by atomic mass is 9.96. The van der Waals surface area contributed by atoms with E-state index in [0.29, 0.717) is 6.04 Å². The highest BCUT2D eigenvalue weighted by Gasteiger charge is 2.28. The first-order valence-electron chi connectivity index (χ1n) is 9.19. The smallest absolute Gasteiger partial charge is 0.244 e. The van der Waals surface area contributed by atoms with Gasteiger partial charge in [-0.2, -0.15) is 5.10 Å². The van der Waals surface area contributed by atoms with E-state index in [2.05, 4.69) is 28.9 Å². The molecule has 0 aliphatic heterocycles. The van der Waals surface area contributed by atoms with Gasteiger partial charge in [0, 0.05) is 12.2 Å². The van der Waals surface area contributed by atoms with Gasteiger partial charge in [0.1, 0.15) is 4.90 Å². The van der Waals surface area contributed by atoms with Crippen molar-refractivity contribution in [3.8, 4) is 0 Å². The first kappa shape index (κ1) is 16.8. The molecule has 1 aromatic heterocycles. The fourth-order valence-electron chi connectivity index (χ4n) is 4.13. The van der Waals surface area contributed by atoms with Crippen molar-refractivity contribution in [2.75, 3.05) is 0 Å². The number of aryl methyl sites for hydroxylation is 2. The van der Waals surface area contributed by atoms with Crippen LogP contribution in [0.15, 0.2) is 35.5 Å². The van der Waals surface area contributed by atoms with Crippen molar-refractivity contribution < 1.29 is 8.42 Å². The second-order valence-corrected chi connectivity index (χ2v) is 9.08. The van der Waals surface area contributed by atoms with Crippen LogP contribution in [-0.2, 0) is 16.4 Å². The summed E-state index contributed by atoms with van der Waals surface area (Å²) >= 11 is 0. The van der Waals surface area contributed by atoms with Crippen LogP contribution >= 0.6 is 0 Å². The molecule has 25 heavy (non-hydrogen) atoms. The van der Waals surface area contributed by atoms with Crippen LogP contribution < -0.4 is 4.72 Å². The van der Waals surface area contributed by atoms with E-state index in [1.807, 2.05) is 10.7 Å². The third-order valence-corrected chi connectivity index (χ3v) is 6.94. The molecule has 0 amide bonds. The zero-order valence-electron chi connectivity index (χ0n) is 14.6. The summed E-state index contributed by atoms with van der Waals surface area (Å²) in [5, 5.41) is 4.33. The Bertz CT molecular complexity index is 867. The number of fused-ring (bicyclic) bond motifs is 1. The molecule has 2 aliphatic carbocycles. The average molecular weight is 359 g/mol. The molecule has 1 unspecified atom stereocenters. The van der Waals surface area contributed by atoms with Gasteiger partial charge < -0.3 is 0 Å². The number of rotatable bonds is 4. The molecule has 0 bridgehead atoms. The minimum atomic E-state index is -3.55. The van der Waals surface area contributed by atoms with Gasteiger partial charge in [-0.15, -0.1) is 0 Å². The Labute approximate surface area is 149 Å². The van der Waals surface area contributed by atoms with Crippen molar-refractivity contribution >= 4 is 10.0 Å². The van der Waals surface area contributed by atoms with E-state index < -0.39 is 10.0 Å². The monoisotopic (exact) mass is 359 g/mol. The summed E-state index contributed by atoms with van der Waals surface area (Å²) < 4.78 is 30.3. The summed E-state index contributed by atoms with van der Waals surface area (Å²) in [7, 11) is -3.55. The molecule has 134 valence electrons. The van der Waals surface area contributed by atoms with E-state index in [0.717, 1.165) is 31.2 Å². The van der Waals surface area contributed by atoms with E-state index >= 15 is 0 Å². The lowest BCUT2D eigenvalue weighted by molar-refractivity contribution is 0.329. The minimum Gasteiger partial charge on any atom is -0.268 e. The van der Waals surface area contributed by atoms with Crippen molar-refractivity contribution in [3.05, 3.63) is 47.3 Å². The van der Waals surface area contributed by atoms with Crippen molar-refractivity contribution in [3.63, 3.8) is 0 Å². The molecule has 0 saturated heterocycles. The number of hydrogen-bond acceptors (Lipinski definition) is 3. The number of nitrogens with one attached hydrogen (secondary N) is 1. The van der Waals surface area contributed by atoms with Gasteiger partial charge in [-0.25, -0.2) is 13.1 Å². The van der Waals surface area contributed by atoms with Crippen LogP contribution in [0.25, 0.3) is 0 Å². The van der Waals surface area contributed by atoms with Gasteiger partial charge >= 0.3 is 0 Å². The Morgan fingerprint density at radius 3 is 2.76 bits per heavy atom. The zero-order chi connectivity index (χ0) is 17.4. The van der Waals surface area contributed by atoms with Gasteiger partial charge in [0.2, 0.25) is 10.0 Å². The van der Waals surface area contributed by atoms with E-state index in [1.54, 1.807) is 6.20 Å². The van der Waals surface area contributed by atoms with Gasteiger partial charge in [-0.1, -0.05) is 43.0 Å². The number of sulfonamides is 1. The van der Waals surface area contributed by atoms with Crippen LogP contribution in [-0.4, -0.2) is 18.2 Å². The molecule has 2 aliphatic rings. The highest BCUT2D eigenvalue weighted by Crippen LogP contribution is 2.33. The maximum absolute atomic E-state index is 12.8. The fourth-order valence-corrected chi connectivity index (χ4v) is 5.32. The Hall–Kier alpha value is -1.66. The largest absolute Gasteiger partial charge is 0.268 e. The molecule has 1 saturated carbocycles. The standard InChI is InChI=1S/C19H25N3O2S/c1-14-7-9-18-15(11-14)8-10-19(18)21-25(23,24)17-12-20-22(13-17)16-5-3-2-4-6-16/h7,9,11-13,16,19,21H,2-6,8,10H2,1H3. The van der Waals surface area contributed by atoms with Crippen LogP contribution in [0.5, 0.6) is 0 Å². The third kappa shape index (κ3) is 3.37. The average Bonchev–Trinajstić information content (AvgIpc) is 3.23. The molecular weight excluding hydrogens is 334 g/mol. The minimum absolute atomic E-state index is 0.140. The molecule has 4 rings (SSSR count). The van der Waals surface area contributed by atoms with E-state index in [9.17, 15) is 8.42 Å². The van der Waals surface area contributed by atoms with Crippen LogP contribution in [0.4, 0.5) is 0 Å². The Morgan fingerprint density at radius 1 is 1.16 bits per heavy atom. The summed E-state index contributed by atoms with van der Waals surface area (Å²) in [6, 6.07) is 6.46. The number of benzene rings is 1. The second kappa shape index (κ2) is 6.57. The van der Waals surface area contributed by atoms with Crippen molar-refractivity contribution in [2.24, 2.45) is 0 Å². The number of nitrogens with zero attached hydrogens (tertiary/aromatic N) is 2. The summed E-state index contributed by atoms with van der Waals surface area (Å²) in [4.78, 5) is 0.277. The number of hydrogen-bond donors (Lipinski definition) is 1. The van der Waals surface area contributed by atoms with E-state index in [-0.39, 0.29) is 10.9 Å². The van der Waals surface area contributed by atoms with Gasteiger partial charge in [0.05, 0.1) is 12.2 Å². The first-order valence-corrected chi connectivity index (χ1v) is 10.7. The Morgan fingerprint density at radius 2 is 1.96 bits per heavy atom. The highest BCUT2D eigenvalue weighted by molar-refractivity contribution is 7.89. The third-order valence-electron chi connectivity index (χ3n) is 5.51. The van der Waals surface area contributed by atoms with Crippen molar-refractivity contribution in [1.82, 2.24) is 14.5 Å². The molecular formula is C19H25N3O2S. The van der Waals surface area contributed by atoms with Crippen LogP contribution in [0.1, 0.15) is 67.3 Å². The quantitative estimate of drug-likeness (QED) is 0.906. The molecule has 1 aromatic carbocycles. The van der Waals surface area contributed by atoms with Crippen LogP contribution in [0, 0.1) is 6.92 Å². The predicted octanol–water partition coefficient (Wildman–Crippen LogP) is 3.66. The highest BCUT2D eigenvalue weighted by atomic mass is 32.2. The van der Waals surface area contributed by atoms with E-state index in [4.69, 9.17) is 0 Å². The lowest BCUT2D eigenvalue weighted by Crippen LogP contribution is -2.27. The first-order chi connectivity index (χ1) is 12.0. The van der Waals surface area contributed by atoms with E-state index in [1.165, 1.54) is 36.6 Å². The van der Waals surface area contributed by atoms with Gasteiger partial charge in [0.25, 0.3) is 0 Å². The molecule has 5 nitrogen and oxygen atoms in total. The van der Waals surface area contributed by atoms with Gasteiger partial charge in [-0.3, -0.25) is 4.68 Å². The van der Waals surface area contributed by atoms with Gasteiger partial charge in [-0.05, 0) is 43.7 Å². The van der Waals surface area contributed by atoms with Crippen LogP contribution in [0.3, 0.4) is 0 Å². The fraction of sp³-hybridized carbons (Fsp3) is 0.526.